The topological polar surface area (TPSA) is 94.8 Å². The molecule has 0 aliphatic carbocycles. The van der Waals surface area contributed by atoms with Gasteiger partial charge in [-0.3, -0.25) is 4.79 Å². The molecule has 0 spiro atoms. The Morgan fingerprint density at radius 3 is 2.57 bits per heavy atom. The zero-order chi connectivity index (χ0) is 20.1. The number of benzene rings is 2. The Hall–Kier alpha value is -3.61. The standard InChI is InChI=1S/C21H19NO6/c1-13(22-20(24)14-6-4-3-5-7-14)21(25)27-12-15-10-19(23)28-18-11-16(26-2)8-9-17(15)18/h3-11,13H,12H2,1-2H3,(H,22,24)/t13-/m0/s1. The average Bonchev–Trinajstić information content (AvgIpc) is 2.71. The molecule has 0 bridgehead atoms. The van der Waals surface area contributed by atoms with Gasteiger partial charge in [0.25, 0.3) is 5.91 Å². The number of carbonyl (C=O) groups is 2. The van der Waals surface area contributed by atoms with E-state index >= 15 is 0 Å². The van der Waals surface area contributed by atoms with E-state index in [9.17, 15) is 14.4 Å². The van der Waals surface area contributed by atoms with E-state index in [0.717, 1.165) is 0 Å². The fraction of sp³-hybridized carbons (Fsp3) is 0.190. The number of hydrogen-bond donors (Lipinski definition) is 1. The van der Waals surface area contributed by atoms with Crippen molar-refractivity contribution in [1.29, 1.82) is 0 Å². The lowest BCUT2D eigenvalue weighted by atomic mass is 10.1. The molecule has 0 aliphatic rings. The molecule has 0 unspecified atom stereocenters. The van der Waals surface area contributed by atoms with Crippen molar-refractivity contribution in [3.63, 3.8) is 0 Å². The minimum atomic E-state index is -0.848. The minimum Gasteiger partial charge on any atom is -0.497 e. The Balaban J connectivity index is 1.68. The monoisotopic (exact) mass is 381 g/mol. The van der Waals surface area contributed by atoms with Crippen LogP contribution in [0.4, 0.5) is 0 Å². The van der Waals surface area contributed by atoms with Crippen LogP contribution in [0, 0.1) is 0 Å². The highest BCUT2D eigenvalue weighted by atomic mass is 16.5. The van der Waals surface area contributed by atoms with E-state index in [1.165, 1.54) is 20.1 Å². The Morgan fingerprint density at radius 1 is 1.11 bits per heavy atom. The number of esters is 1. The van der Waals surface area contributed by atoms with Crippen LogP contribution in [0.2, 0.25) is 0 Å². The number of methoxy groups -OCH3 is 1. The number of rotatable bonds is 6. The van der Waals surface area contributed by atoms with E-state index in [4.69, 9.17) is 13.9 Å². The summed E-state index contributed by atoms with van der Waals surface area (Å²) in [6.45, 7) is 1.41. The molecule has 1 N–H and O–H groups in total. The summed E-state index contributed by atoms with van der Waals surface area (Å²) < 4.78 is 15.6. The Bertz CT molecular complexity index is 1060. The average molecular weight is 381 g/mol. The molecular weight excluding hydrogens is 362 g/mol. The molecule has 144 valence electrons. The van der Waals surface area contributed by atoms with E-state index in [1.807, 2.05) is 0 Å². The fourth-order valence-corrected chi connectivity index (χ4v) is 2.66. The minimum absolute atomic E-state index is 0.126. The third-order valence-electron chi connectivity index (χ3n) is 4.14. The number of nitrogens with one attached hydrogen (secondary N) is 1. The highest BCUT2D eigenvalue weighted by Gasteiger charge is 2.18. The van der Waals surface area contributed by atoms with Gasteiger partial charge in [-0.15, -0.1) is 0 Å². The van der Waals surface area contributed by atoms with Crippen molar-refractivity contribution in [2.45, 2.75) is 19.6 Å². The fourth-order valence-electron chi connectivity index (χ4n) is 2.66. The molecule has 1 atom stereocenters. The van der Waals surface area contributed by atoms with Crippen molar-refractivity contribution in [3.05, 3.63) is 76.1 Å². The predicted molar refractivity (Wildman–Crippen MR) is 102 cm³/mol. The van der Waals surface area contributed by atoms with E-state index in [-0.39, 0.29) is 12.5 Å². The van der Waals surface area contributed by atoms with Crippen molar-refractivity contribution in [2.24, 2.45) is 0 Å². The maximum atomic E-state index is 12.2. The van der Waals surface area contributed by atoms with Gasteiger partial charge in [0.15, 0.2) is 0 Å². The second-order valence-electron chi connectivity index (χ2n) is 6.12. The number of amides is 1. The van der Waals surface area contributed by atoms with Gasteiger partial charge in [0.2, 0.25) is 0 Å². The molecule has 28 heavy (non-hydrogen) atoms. The van der Waals surface area contributed by atoms with Crippen LogP contribution in [0.5, 0.6) is 5.75 Å². The highest BCUT2D eigenvalue weighted by molar-refractivity contribution is 5.96. The van der Waals surface area contributed by atoms with Gasteiger partial charge in [0.05, 0.1) is 7.11 Å². The van der Waals surface area contributed by atoms with Gasteiger partial charge in [0.1, 0.15) is 24.0 Å². The molecule has 0 saturated heterocycles. The van der Waals surface area contributed by atoms with Crippen LogP contribution >= 0.6 is 0 Å². The Kier molecular flexibility index (Phi) is 5.74. The largest absolute Gasteiger partial charge is 0.497 e. The van der Waals surface area contributed by atoms with Crippen molar-refractivity contribution < 1.29 is 23.5 Å². The molecule has 1 aromatic heterocycles. The molecule has 0 fully saturated rings. The number of hydrogen-bond acceptors (Lipinski definition) is 6. The Labute approximate surface area is 160 Å². The lowest BCUT2D eigenvalue weighted by Crippen LogP contribution is -2.39. The molecular formula is C21H19NO6. The number of carbonyl (C=O) groups excluding carboxylic acids is 2. The lowest BCUT2D eigenvalue weighted by Gasteiger charge is -2.14. The quantitative estimate of drug-likeness (QED) is 0.521. The molecule has 0 radical (unpaired) electrons. The van der Waals surface area contributed by atoms with E-state index in [0.29, 0.717) is 27.8 Å². The second-order valence-corrected chi connectivity index (χ2v) is 6.12. The zero-order valence-electron chi connectivity index (χ0n) is 15.4. The van der Waals surface area contributed by atoms with Crippen LogP contribution in [0.1, 0.15) is 22.8 Å². The smallest absolute Gasteiger partial charge is 0.336 e. The van der Waals surface area contributed by atoms with E-state index < -0.39 is 17.6 Å². The van der Waals surface area contributed by atoms with Gasteiger partial charge in [-0.1, -0.05) is 18.2 Å². The SMILES string of the molecule is COc1ccc2c(COC(=O)[C@H](C)NC(=O)c3ccccc3)cc(=O)oc2c1. The Morgan fingerprint density at radius 2 is 1.86 bits per heavy atom. The van der Waals surface area contributed by atoms with Gasteiger partial charge in [-0.25, -0.2) is 9.59 Å². The van der Waals surface area contributed by atoms with Gasteiger partial charge in [0, 0.05) is 28.6 Å². The predicted octanol–water partition coefficient (Wildman–Crippen LogP) is 2.66. The van der Waals surface area contributed by atoms with Crippen LogP contribution in [0.3, 0.4) is 0 Å². The summed E-state index contributed by atoms with van der Waals surface area (Å²) in [4.78, 5) is 36.2. The normalized spacial score (nSPS) is 11.6. The maximum Gasteiger partial charge on any atom is 0.336 e. The molecule has 0 aliphatic heterocycles. The summed E-state index contributed by atoms with van der Waals surface area (Å²) in [6, 6.07) is 14.0. The van der Waals surface area contributed by atoms with Gasteiger partial charge in [-0.05, 0) is 31.2 Å². The second kappa shape index (κ2) is 8.39. The number of fused-ring (bicyclic) bond motifs is 1. The molecule has 1 amide bonds. The molecule has 2 aromatic carbocycles. The lowest BCUT2D eigenvalue weighted by molar-refractivity contribution is -0.146. The molecule has 7 nitrogen and oxygen atoms in total. The first-order chi connectivity index (χ1) is 13.5. The van der Waals surface area contributed by atoms with Crippen molar-refractivity contribution in [2.75, 3.05) is 7.11 Å². The van der Waals surface area contributed by atoms with Crippen molar-refractivity contribution in [3.8, 4) is 5.75 Å². The van der Waals surface area contributed by atoms with Gasteiger partial charge >= 0.3 is 11.6 Å². The summed E-state index contributed by atoms with van der Waals surface area (Å²) in [6.07, 6.45) is 0. The molecule has 7 heteroatoms. The van der Waals surface area contributed by atoms with Crippen LogP contribution < -0.4 is 15.7 Å². The first-order valence-corrected chi connectivity index (χ1v) is 8.61. The summed E-state index contributed by atoms with van der Waals surface area (Å²) in [5.74, 6) is -0.441. The van der Waals surface area contributed by atoms with Crippen molar-refractivity contribution in [1.82, 2.24) is 5.32 Å². The van der Waals surface area contributed by atoms with Crippen LogP contribution in [-0.2, 0) is 16.1 Å². The molecule has 3 aromatic rings. The first-order valence-electron chi connectivity index (χ1n) is 8.61. The van der Waals surface area contributed by atoms with Gasteiger partial charge in [-0.2, -0.15) is 0 Å². The zero-order valence-corrected chi connectivity index (χ0v) is 15.4. The number of ether oxygens (including phenoxy) is 2. The third-order valence-corrected chi connectivity index (χ3v) is 4.14. The van der Waals surface area contributed by atoms with E-state index in [1.54, 1.807) is 48.5 Å². The molecule has 1 heterocycles. The highest BCUT2D eigenvalue weighted by Crippen LogP contribution is 2.23. The maximum absolute atomic E-state index is 12.2. The van der Waals surface area contributed by atoms with E-state index in [2.05, 4.69) is 5.32 Å². The van der Waals surface area contributed by atoms with Crippen LogP contribution in [0.15, 0.2) is 63.8 Å². The summed E-state index contributed by atoms with van der Waals surface area (Å²) in [5, 5.41) is 3.22. The third kappa shape index (κ3) is 4.37. The van der Waals surface area contributed by atoms with Crippen LogP contribution in [0.25, 0.3) is 11.0 Å². The molecule has 0 saturated carbocycles. The summed E-state index contributed by atoms with van der Waals surface area (Å²) in [5.41, 5.74) is 0.729. The summed E-state index contributed by atoms with van der Waals surface area (Å²) >= 11 is 0. The first kappa shape index (κ1) is 19.2. The van der Waals surface area contributed by atoms with Crippen LogP contribution in [-0.4, -0.2) is 25.0 Å². The van der Waals surface area contributed by atoms with Crippen molar-refractivity contribution >= 4 is 22.8 Å². The summed E-state index contributed by atoms with van der Waals surface area (Å²) in [7, 11) is 1.51. The molecule has 3 rings (SSSR count). The van der Waals surface area contributed by atoms with Gasteiger partial charge < -0.3 is 19.2 Å².